The van der Waals surface area contributed by atoms with Crippen molar-refractivity contribution in [3.8, 4) is 0 Å². The third-order valence-corrected chi connectivity index (χ3v) is 2.79. The lowest BCUT2D eigenvalue weighted by Gasteiger charge is -2.28. The minimum absolute atomic E-state index is 0.148. The Balaban J connectivity index is 2.76. The van der Waals surface area contributed by atoms with Crippen molar-refractivity contribution in [1.29, 1.82) is 0 Å². The van der Waals surface area contributed by atoms with Gasteiger partial charge in [-0.15, -0.1) is 0 Å². The normalized spacial score (nSPS) is 32.6. The number of aliphatic hydroxyl groups is 2. The second-order valence-corrected chi connectivity index (χ2v) is 4.50. The Morgan fingerprint density at radius 3 is 2.44 bits per heavy atom. The molecule has 1 aliphatic rings. The fourth-order valence-electron chi connectivity index (χ4n) is 2.03. The molecular weight excluding hydrogens is 212 g/mol. The molecule has 1 aliphatic heterocycles. The Bertz CT molecular complexity index is 218. The summed E-state index contributed by atoms with van der Waals surface area (Å²) in [6.45, 7) is 5.28. The molecule has 0 aromatic heterocycles. The van der Waals surface area contributed by atoms with Crippen LogP contribution in [0.4, 0.5) is 0 Å². The number of methoxy groups -OCH3 is 1. The summed E-state index contributed by atoms with van der Waals surface area (Å²) >= 11 is 0. The highest BCUT2D eigenvalue weighted by Gasteiger charge is 2.46. The Morgan fingerprint density at radius 2 is 2.00 bits per heavy atom. The van der Waals surface area contributed by atoms with Crippen molar-refractivity contribution in [3.05, 3.63) is 0 Å². The van der Waals surface area contributed by atoms with E-state index in [0.717, 1.165) is 0 Å². The Labute approximate surface area is 96.3 Å². The number of hydrogen-bond donors (Lipinski definition) is 2. The zero-order chi connectivity index (χ0) is 12.3. The van der Waals surface area contributed by atoms with E-state index in [1.165, 1.54) is 7.11 Å². The molecule has 0 aliphatic carbocycles. The molecule has 1 fully saturated rings. The van der Waals surface area contributed by atoms with E-state index in [-0.39, 0.29) is 6.61 Å². The first kappa shape index (κ1) is 13.9. The van der Waals surface area contributed by atoms with E-state index in [4.69, 9.17) is 14.2 Å². The first-order valence-corrected chi connectivity index (χ1v) is 5.62. The van der Waals surface area contributed by atoms with Gasteiger partial charge in [0.05, 0.1) is 12.7 Å². The van der Waals surface area contributed by atoms with E-state index in [2.05, 4.69) is 0 Å². The summed E-state index contributed by atoms with van der Waals surface area (Å²) in [5, 5.41) is 19.0. The van der Waals surface area contributed by atoms with Gasteiger partial charge in [-0.05, 0) is 20.3 Å². The van der Waals surface area contributed by atoms with Crippen LogP contribution in [-0.2, 0) is 14.2 Å². The van der Waals surface area contributed by atoms with Crippen molar-refractivity contribution in [2.24, 2.45) is 0 Å². The highest BCUT2D eigenvalue weighted by atomic mass is 16.8. The van der Waals surface area contributed by atoms with E-state index in [9.17, 15) is 10.2 Å². The zero-order valence-corrected chi connectivity index (χ0v) is 10.3. The van der Waals surface area contributed by atoms with Crippen LogP contribution in [0.3, 0.4) is 0 Å². The number of ether oxygens (including phenoxy) is 3. The van der Waals surface area contributed by atoms with Crippen molar-refractivity contribution < 1.29 is 24.4 Å². The lowest BCUT2D eigenvalue weighted by Crippen LogP contribution is -2.45. The minimum atomic E-state index is -0.748. The van der Waals surface area contributed by atoms with Gasteiger partial charge in [0, 0.05) is 7.11 Å². The zero-order valence-electron chi connectivity index (χ0n) is 10.3. The molecule has 0 radical (unpaired) electrons. The summed E-state index contributed by atoms with van der Waals surface area (Å²) in [6.07, 6.45) is -1.44. The SMILES string of the molecule is CC[C@H](O)[C@H](OC)[C@H]1OC(C)(C)O[C@H]1CO. The van der Waals surface area contributed by atoms with Gasteiger partial charge in [0.1, 0.15) is 18.3 Å². The smallest absolute Gasteiger partial charge is 0.164 e. The molecule has 5 nitrogen and oxygen atoms in total. The number of hydrogen-bond acceptors (Lipinski definition) is 5. The fraction of sp³-hybridized carbons (Fsp3) is 1.00. The third-order valence-electron chi connectivity index (χ3n) is 2.79. The first-order valence-electron chi connectivity index (χ1n) is 5.62. The number of rotatable bonds is 5. The predicted octanol–water partition coefficient (Wildman–Crippen LogP) is 0.285. The molecule has 96 valence electrons. The molecule has 5 heteroatoms. The summed E-state index contributed by atoms with van der Waals surface area (Å²) < 4.78 is 16.4. The molecule has 0 unspecified atom stereocenters. The van der Waals surface area contributed by atoms with Crippen molar-refractivity contribution in [2.75, 3.05) is 13.7 Å². The summed E-state index contributed by atoms with van der Waals surface area (Å²) in [6, 6.07) is 0. The van der Waals surface area contributed by atoms with E-state index in [1.54, 1.807) is 13.8 Å². The highest BCUT2D eigenvalue weighted by Crippen LogP contribution is 2.31. The Kier molecular flexibility index (Phi) is 4.70. The van der Waals surface area contributed by atoms with Crippen LogP contribution < -0.4 is 0 Å². The van der Waals surface area contributed by atoms with Gasteiger partial charge >= 0.3 is 0 Å². The van der Waals surface area contributed by atoms with Crippen LogP contribution in [0.25, 0.3) is 0 Å². The van der Waals surface area contributed by atoms with Crippen molar-refractivity contribution >= 4 is 0 Å². The minimum Gasteiger partial charge on any atom is -0.394 e. The third kappa shape index (κ3) is 2.93. The van der Waals surface area contributed by atoms with Crippen molar-refractivity contribution in [2.45, 2.75) is 57.4 Å². The molecular formula is C11H22O5. The highest BCUT2D eigenvalue weighted by molar-refractivity contribution is 4.89. The molecule has 0 aromatic rings. The van der Waals surface area contributed by atoms with Crippen LogP contribution in [0, 0.1) is 0 Å². The molecule has 0 amide bonds. The van der Waals surface area contributed by atoms with Gasteiger partial charge in [-0.1, -0.05) is 6.92 Å². The second-order valence-electron chi connectivity index (χ2n) is 4.50. The van der Waals surface area contributed by atoms with Gasteiger partial charge in [-0.2, -0.15) is 0 Å². The lowest BCUT2D eigenvalue weighted by atomic mass is 10.0. The van der Waals surface area contributed by atoms with Gasteiger partial charge < -0.3 is 24.4 Å². The molecule has 0 saturated carbocycles. The van der Waals surface area contributed by atoms with Gasteiger partial charge in [-0.25, -0.2) is 0 Å². The summed E-state index contributed by atoms with van der Waals surface area (Å²) in [4.78, 5) is 0. The standard InChI is InChI=1S/C11H22O5/c1-5-7(13)9(14-4)10-8(6-12)15-11(2,3)16-10/h7-10,12-13H,5-6H2,1-4H3/t7-,8-,9-,10-/m0/s1. The van der Waals surface area contributed by atoms with Crippen molar-refractivity contribution in [3.63, 3.8) is 0 Å². The van der Waals surface area contributed by atoms with Gasteiger partial charge in [0.25, 0.3) is 0 Å². The predicted molar refractivity (Wildman–Crippen MR) is 58.0 cm³/mol. The fourth-order valence-corrected chi connectivity index (χ4v) is 2.03. The molecule has 2 N–H and O–H groups in total. The van der Waals surface area contributed by atoms with Gasteiger partial charge in [0.2, 0.25) is 0 Å². The van der Waals surface area contributed by atoms with Crippen LogP contribution in [0.2, 0.25) is 0 Å². The van der Waals surface area contributed by atoms with Crippen molar-refractivity contribution in [1.82, 2.24) is 0 Å². The quantitative estimate of drug-likeness (QED) is 0.715. The summed E-state index contributed by atoms with van der Waals surface area (Å²) in [5.74, 6) is -0.748. The van der Waals surface area contributed by atoms with Crippen LogP contribution in [0.15, 0.2) is 0 Å². The number of aliphatic hydroxyl groups excluding tert-OH is 2. The average molecular weight is 234 g/mol. The molecule has 1 rings (SSSR count). The maximum atomic E-state index is 9.82. The first-order chi connectivity index (χ1) is 7.45. The lowest BCUT2D eigenvalue weighted by molar-refractivity contribution is -0.167. The molecule has 0 aromatic carbocycles. The Hall–Kier alpha value is -0.200. The molecule has 4 atom stereocenters. The topological polar surface area (TPSA) is 68.2 Å². The van der Waals surface area contributed by atoms with Crippen LogP contribution in [0.5, 0.6) is 0 Å². The van der Waals surface area contributed by atoms with Crippen LogP contribution >= 0.6 is 0 Å². The summed E-state index contributed by atoms with van der Waals surface area (Å²) in [5.41, 5.74) is 0. The van der Waals surface area contributed by atoms with E-state index < -0.39 is 30.2 Å². The second kappa shape index (κ2) is 5.42. The van der Waals surface area contributed by atoms with Crippen LogP contribution in [0.1, 0.15) is 27.2 Å². The summed E-state index contributed by atoms with van der Waals surface area (Å²) in [7, 11) is 1.52. The molecule has 1 heterocycles. The molecule has 16 heavy (non-hydrogen) atoms. The van der Waals surface area contributed by atoms with E-state index in [0.29, 0.717) is 6.42 Å². The largest absolute Gasteiger partial charge is 0.394 e. The van der Waals surface area contributed by atoms with Gasteiger partial charge in [0.15, 0.2) is 5.79 Å². The van der Waals surface area contributed by atoms with E-state index in [1.807, 2.05) is 6.92 Å². The van der Waals surface area contributed by atoms with Gasteiger partial charge in [-0.3, -0.25) is 0 Å². The molecule has 0 bridgehead atoms. The maximum absolute atomic E-state index is 9.82. The molecule has 1 saturated heterocycles. The maximum Gasteiger partial charge on any atom is 0.164 e. The van der Waals surface area contributed by atoms with E-state index >= 15 is 0 Å². The monoisotopic (exact) mass is 234 g/mol. The Morgan fingerprint density at radius 1 is 1.38 bits per heavy atom. The van der Waals surface area contributed by atoms with Crippen LogP contribution in [-0.4, -0.2) is 54.1 Å². The average Bonchev–Trinajstić information content (AvgIpc) is 2.54. The molecule has 0 spiro atoms.